The Kier molecular flexibility index (Phi) is 5.45. The number of ether oxygens (including phenoxy) is 1. The number of benzene rings is 2. The average molecular weight is 451 g/mol. The van der Waals surface area contributed by atoms with Gasteiger partial charge in [0.15, 0.2) is 0 Å². The first-order valence-electron chi connectivity index (χ1n) is 9.63. The largest absolute Gasteiger partial charge is 0.494 e. The van der Waals surface area contributed by atoms with Crippen LogP contribution in [0.15, 0.2) is 30.5 Å². The van der Waals surface area contributed by atoms with Crippen LogP contribution in [0.3, 0.4) is 0 Å². The summed E-state index contributed by atoms with van der Waals surface area (Å²) in [5.74, 6) is 1.74. The van der Waals surface area contributed by atoms with Crippen molar-refractivity contribution in [2.45, 2.75) is 39.5 Å². The zero-order valence-electron chi connectivity index (χ0n) is 16.8. The molecule has 2 aromatic carbocycles. The highest BCUT2D eigenvalue weighted by Gasteiger charge is 2.23. The van der Waals surface area contributed by atoms with Crippen LogP contribution in [0.5, 0.6) is 5.75 Å². The number of nitrogens with zero attached hydrogens (tertiary/aromatic N) is 3. The molecule has 0 aliphatic rings. The molecule has 2 aromatic heterocycles. The van der Waals surface area contributed by atoms with Gasteiger partial charge in [-0.1, -0.05) is 54.7 Å². The molecule has 0 saturated heterocycles. The van der Waals surface area contributed by atoms with Gasteiger partial charge in [0.2, 0.25) is 5.78 Å². The number of aryl methyl sites for hydroxylation is 1. The third-order valence-electron chi connectivity index (χ3n) is 5.55. The number of aromatic nitrogens is 3. The molecule has 152 valence electrons. The topological polar surface area (TPSA) is 31.5 Å². The molecule has 7 heteroatoms. The van der Waals surface area contributed by atoms with E-state index in [9.17, 15) is 0 Å². The van der Waals surface area contributed by atoms with Gasteiger partial charge in [0.25, 0.3) is 0 Å². The van der Waals surface area contributed by atoms with E-state index in [1.807, 2.05) is 34.2 Å². The summed E-state index contributed by atoms with van der Waals surface area (Å²) in [7, 11) is 1.62. The second-order valence-electron chi connectivity index (χ2n) is 7.19. The number of rotatable bonds is 5. The monoisotopic (exact) mass is 449 g/mol. The summed E-state index contributed by atoms with van der Waals surface area (Å²) in [6.07, 6.45) is 3.97. The minimum absolute atomic E-state index is 0.420. The van der Waals surface area contributed by atoms with Gasteiger partial charge in [-0.15, -0.1) is 0 Å². The molecule has 0 atom stereocenters. The normalized spacial score (nSPS) is 11.9. The molecule has 0 bridgehead atoms. The van der Waals surface area contributed by atoms with E-state index in [2.05, 4.69) is 19.9 Å². The van der Waals surface area contributed by atoms with Gasteiger partial charge in [-0.05, 0) is 48.9 Å². The Morgan fingerprint density at radius 3 is 2.48 bits per heavy atom. The molecule has 4 rings (SSSR count). The van der Waals surface area contributed by atoms with Crippen LogP contribution in [-0.4, -0.2) is 21.1 Å². The maximum atomic E-state index is 6.70. The fraction of sp³-hybridized carbons (Fsp3) is 0.318. The number of fused-ring (bicyclic) bond motifs is 3. The second kappa shape index (κ2) is 7.75. The second-order valence-corrected chi connectivity index (χ2v) is 8.42. The Morgan fingerprint density at radius 1 is 1.10 bits per heavy atom. The van der Waals surface area contributed by atoms with Crippen LogP contribution in [-0.2, 0) is 0 Å². The van der Waals surface area contributed by atoms with Crippen molar-refractivity contribution in [1.82, 2.24) is 14.0 Å². The van der Waals surface area contributed by atoms with Crippen LogP contribution in [0.2, 0.25) is 15.2 Å². The van der Waals surface area contributed by atoms with Gasteiger partial charge >= 0.3 is 0 Å². The van der Waals surface area contributed by atoms with E-state index < -0.39 is 0 Å². The molecule has 29 heavy (non-hydrogen) atoms. The Balaban J connectivity index is 2.11. The maximum absolute atomic E-state index is 6.70. The van der Waals surface area contributed by atoms with Crippen LogP contribution < -0.4 is 4.74 Å². The van der Waals surface area contributed by atoms with Crippen molar-refractivity contribution in [3.63, 3.8) is 0 Å². The molecule has 0 amide bonds. The lowest BCUT2D eigenvalue weighted by Crippen LogP contribution is -2.02. The lowest BCUT2D eigenvalue weighted by molar-refractivity contribution is 0.413. The van der Waals surface area contributed by atoms with E-state index >= 15 is 0 Å². The van der Waals surface area contributed by atoms with Gasteiger partial charge in [-0.25, -0.2) is 4.98 Å². The third-order valence-corrected chi connectivity index (χ3v) is 6.34. The molecule has 4 aromatic rings. The maximum Gasteiger partial charge on any atom is 0.221 e. The van der Waals surface area contributed by atoms with Gasteiger partial charge in [0.05, 0.1) is 23.3 Å². The summed E-state index contributed by atoms with van der Waals surface area (Å²) in [5, 5.41) is 1.77. The minimum atomic E-state index is 0.420. The SMILES string of the molecule is CCC(CC)c1ccc(Cl)c2nc3n(-c4c(C)cc(Cl)cc4OC)c(Cl)cn3c12. The predicted octanol–water partition coefficient (Wildman–Crippen LogP) is 7.46. The van der Waals surface area contributed by atoms with E-state index in [0.29, 0.717) is 32.6 Å². The van der Waals surface area contributed by atoms with Crippen LogP contribution in [0.1, 0.15) is 43.7 Å². The Labute approximate surface area is 185 Å². The number of halogens is 3. The van der Waals surface area contributed by atoms with Crippen molar-refractivity contribution in [3.8, 4) is 11.4 Å². The molecule has 4 nitrogen and oxygen atoms in total. The fourth-order valence-electron chi connectivity index (χ4n) is 4.14. The van der Waals surface area contributed by atoms with Gasteiger partial charge in [-0.3, -0.25) is 8.97 Å². The molecule has 0 aliphatic carbocycles. The van der Waals surface area contributed by atoms with E-state index in [1.54, 1.807) is 13.2 Å². The van der Waals surface area contributed by atoms with E-state index in [-0.39, 0.29) is 0 Å². The van der Waals surface area contributed by atoms with Crippen LogP contribution in [0, 0.1) is 6.92 Å². The summed E-state index contributed by atoms with van der Waals surface area (Å²) < 4.78 is 9.52. The number of hydrogen-bond donors (Lipinski definition) is 0. The summed E-state index contributed by atoms with van der Waals surface area (Å²) in [4.78, 5) is 4.88. The smallest absolute Gasteiger partial charge is 0.221 e. The Hall–Kier alpha value is -1.88. The van der Waals surface area contributed by atoms with E-state index in [4.69, 9.17) is 44.5 Å². The van der Waals surface area contributed by atoms with Crippen molar-refractivity contribution in [3.05, 3.63) is 56.8 Å². The quantitative estimate of drug-likeness (QED) is 0.316. The third kappa shape index (κ3) is 3.18. The molecule has 0 saturated carbocycles. The molecule has 0 unspecified atom stereocenters. The van der Waals surface area contributed by atoms with Gasteiger partial charge < -0.3 is 4.74 Å². The van der Waals surface area contributed by atoms with Gasteiger partial charge in [0, 0.05) is 17.3 Å². The number of hydrogen-bond acceptors (Lipinski definition) is 2. The highest BCUT2D eigenvalue weighted by atomic mass is 35.5. The van der Waals surface area contributed by atoms with E-state index in [1.165, 1.54) is 5.56 Å². The molecule has 0 radical (unpaired) electrons. The highest BCUT2D eigenvalue weighted by Crippen LogP contribution is 2.39. The first-order valence-corrected chi connectivity index (χ1v) is 10.8. The molecule has 0 aliphatic heterocycles. The van der Waals surface area contributed by atoms with Crippen LogP contribution in [0.4, 0.5) is 0 Å². The van der Waals surface area contributed by atoms with Crippen LogP contribution >= 0.6 is 34.8 Å². The molecular weight excluding hydrogens is 429 g/mol. The minimum Gasteiger partial charge on any atom is -0.494 e. The summed E-state index contributed by atoms with van der Waals surface area (Å²) in [6.45, 7) is 6.38. The molecular formula is C22H22Cl3N3O. The first-order chi connectivity index (χ1) is 13.9. The fourth-order valence-corrected chi connectivity index (χ4v) is 4.85. The van der Waals surface area contributed by atoms with Crippen molar-refractivity contribution in [1.29, 1.82) is 0 Å². The number of methoxy groups -OCH3 is 1. The van der Waals surface area contributed by atoms with Gasteiger partial charge in [-0.2, -0.15) is 0 Å². The lowest BCUT2D eigenvalue weighted by atomic mass is 9.93. The zero-order chi connectivity index (χ0) is 20.9. The molecule has 0 spiro atoms. The van der Waals surface area contributed by atoms with Crippen molar-refractivity contribution in [2.75, 3.05) is 7.11 Å². The van der Waals surface area contributed by atoms with Gasteiger partial charge in [0.1, 0.15) is 16.4 Å². The summed E-state index contributed by atoms with van der Waals surface area (Å²) in [6, 6.07) is 7.71. The lowest BCUT2D eigenvalue weighted by Gasteiger charge is -2.14. The standard InChI is InChI=1S/C22H22Cl3N3O/c1-5-13(6-2)15-7-8-16(24)19-21(15)27-11-18(25)28(22(27)26-19)20-12(3)9-14(23)10-17(20)29-4/h7-11,13H,5-6H2,1-4H3. The van der Waals surface area contributed by atoms with Crippen molar-refractivity contribution < 1.29 is 4.74 Å². The molecule has 0 N–H and O–H groups in total. The van der Waals surface area contributed by atoms with Crippen molar-refractivity contribution >= 4 is 51.6 Å². The van der Waals surface area contributed by atoms with Crippen molar-refractivity contribution in [2.24, 2.45) is 0 Å². The van der Waals surface area contributed by atoms with Crippen LogP contribution in [0.25, 0.3) is 22.5 Å². The summed E-state index contributed by atoms with van der Waals surface area (Å²) >= 11 is 19.5. The average Bonchev–Trinajstić information content (AvgIpc) is 3.20. The Bertz CT molecular complexity index is 1220. The zero-order valence-corrected chi connectivity index (χ0v) is 19.0. The first kappa shape index (κ1) is 20.4. The molecule has 2 heterocycles. The number of imidazole rings is 2. The highest BCUT2D eigenvalue weighted by molar-refractivity contribution is 6.35. The summed E-state index contributed by atoms with van der Waals surface area (Å²) in [5.41, 5.74) is 4.77. The molecule has 0 fully saturated rings. The van der Waals surface area contributed by atoms with E-state index in [0.717, 1.165) is 35.1 Å². The predicted molar refractivity (Wildman–Crippen MR) is 122 cm³/mol. The Morgan fingerprint density at radius 2 is 1.83 bits per heavy atom.